The second-order valence-electron chi connectivity index (χ2n) is 1.85. The van der Waals surface area contributed by atoms with Gasteiger partial charge in [0.15, 0.2) is 0 Å². The molecular weight excluding hydrogens is 183 g/mol. The molecule has 0 bridgehead atoms. The van der Waals surface area contributed by atoms with Crippen LogP contribution < -0.4 is 0 Å². The maximum atomic E-state index is 6.69. The van der Waals surface area contributed by atoms with Gasteiger partial charge in [-0.25, -0.2) is 0 Å². The molecule has 2 nitrogen and oxygen atoms in total. The van der Waals surface area contributed by atoms with Crippen LogP contribution in [0.1, 0.15) is 5.56 Å². The van der Waals surface area contributed by atoms with Gasteiger partial charge in [-0.15, -0.1) is 16.6 Å². The Balaban J connectivity index is 3.23. The van der Waals surface area contributed by atoms with E-state index in [0.29, 0.717) is 10.9 Å². The number of hydrogen-bond donors (Lipinski definition) is 0. The van der Waals surface area contributed by atoms with Gasteiger partial charge >= 0.3 is 0 Å². The van der Waals surface area contributed by atoms with Crippen LogP contribution in [0.25, 0.3) is 4.85 Å². The van der Waals surface area contributed by atoms with Crippen molar-refractivity contribution in [3.8, 4) is 0 Å². The number of pyridine rings is 1. The maximum Gasteiger partial charge on any atom is 0.288 e. The van der Waals surface area contributed by atoms with Crippen molar-refractivity contribution in [2.45, 2.75) is 5.88 Å². The number of alkyl halides is 1. The van der Waals surface area contributed by atoms with Crippen LogP contribution in [0.5, 0.6) is 0 Å². The SMILES string of the molecule is [C-]#[N+]c1nccc(CCl)c1Cl. The maximum absolute atomic E-state index is 6.69. The molecule has 1 rings (SSSR count). The molecule has 0 aromatic carbocycles. The molecule has 56 valence electrons. The summed E-state index contributed by atoms with van der Waals surface area (Å²) in [6.45, 7) is 6.69. The van der Waals surface area contributed by atoms with E-state index in [1.54, 1.807) is 6.07 Å². The fourth-order valence-electron chi connectivity index (χ4n) is 0.652. The Morgan fingerprint density at radius 2 is 2.36 bits per heavy atom. The van der Waals surface area contributed by atoms with Crippen LogP contribution in [-0.4, -0.2) is 4.98 Å². The fourth-order valence-corrected chi connectivity index (χ4v) is 1.16. The summed E-state index contributed by atoms with van der Waals surface area (Å²) in [6.07, 6.45) is 1.52. The van der Waals surface area contributed by atoms with Crippen molar-refractivity contribution in [3.05, 3.63) is 34.3 Å². The number of aromatic nitrogens is 1. The standard InChI is InChI=1S/C7H4Cl2N2/c1-10-7-6(9)5(4-8)2-3-11-7/h2-3H,4H2. The van der Waals surface area contributed by atoms with Gasteiger partial charge in [0.2, 0.25) is 0 Å². The summed E-state index contributed by atoms with van der Waals surface area (Å²) < 4.78 is 0. The predicted octanol–water partition coefficient (Wildman–Crippen LogP) is 3.02. The van der Waals surface area contributed by atoms with Crippen molar-refractivity contribution in [3.63, 3.8) is 0 Å². The molecule has 11 heavy (non-hydrogen) atoms. The summed E-state index contributed by atoms with van der Waals surface area (Å²) in [5.74, 6) is 0.522. The molecule has 4 heteroatoms. The Hall–Kier alpha value is -0.780. The molecule has 0 unspecified atom stereocenters. The summed E-state index contributed by atoms with van der Waals surface area (Å²) in [4.78, 5) is 6.89. The molecule has 0 radical (unpaired) electrons. The van der Waals surface area contributed by atoms with Gasteiger partial charge in [0.25, 0.3) is 5.82 Å². The minimum absolute atomic E-state index is 0.213. The first-order valence-electron chi connectivity index (χ1n) is 2.86. The second-order valence-corrected chi connectivity index (χ2v) is 2.50. The van der Waals surface area contributed by atoms with Crippen LogP contribution in [0.15, 0.2) is 12.3 Å². The summed E-state index contributed by atoms with van der Waals surface area (Å²) in [7, 11) is 0. The lowest BCUT2D eigenvalue weighted by atomic mass is 10.3. The molecule has 1 aromatic rings. The molecular formula is C7H4Cl2N2. The minimum Gasteiger partial charge on any atom is -0.359 e. The summed E-state index contributed by atoms with van der Waals surface area (Å²) >= 11 is 11.3. The third-order valence-corrected chi connectivity index (χ3v) is 1.90. The quantitative estimate of drug-likeness (QED) is 0.487. The molecule has 0 amide bonds. The Morgan fingerprint density at radius 1 is 1.64 bits per heavy atom. The third-order valence-electron chi connectivity index (χ3n) is 1.20. The Kier molecular flexibility index (Phi) is 2.70. The van der Waals surface area contributed by atoms with Crippen LogP contribution in [0.3, 0.4) is 0 Å². The van der Waals surface area contributed by atoms with Gasteiger partial charge in [0, 0.05) is 5.88 Å². The fraction of sp³-hybridized carbons (Fsp3) is 0.143. The molecule has 1 aromatic heterocycles. The summed E-state index contributed by atoms with van der Waals surface area (Å²) in [5, 5.41) is 0.359. The van der Waals surface area contributed by atoms with Crippen molar-refractivity contribution >= 4 is 29.0 Å². The van der Waals surface area contributed by atoms with Crippen LogP contribution in [0.4, 0.5) is 5.82 Å². The van der Waals surface area contributed by atoms with E-state index in [-0.39, 0.29) is 5.82 Å². The monoisotopic (exact) mass is 186 g/mol. The van der Waals surface area contributed by atoms with Crippen LogP contribution in [-0.2, 0) is 5.88 Å². The van der Waals surface area contributed by atoms with Gasteiger partial charge in [-0.1, -0.05) is 18.2 Å². The first-order chi connectivity index (χ1) is 5.29. The molecule has 0 saturated carbocycles. The van der Waals surface area contributed by atoms with Crippen molar-refractivity contribution in [2.75, 3.05) is 0 Å². The third kappa shape index (κ3) is 1.62. The average Bonchev–Trinajstić information content (AvgIpc) is 2.05. The number of hydrogen-bond acceptors (Lipinski definition) is 1. The van der Waals surface area contributed by atoms with E-state index in [9.17, 15) is 0 Å². The Morgan fingerprint density at radius 3 is 2.91 bits per heavy atom. The van der Waals surface area contributed by atoms with Crippen molar-refractivity contribution in [1.29, 1.82) is 0 Å². The first kappa shape index (κ1) is 8.32. The average molecular weight is 187 g/mol. The van der Waals surface area contributed by atoms with E-state index in [4.69, 9.17) is 29.8 Å². The molecule has 0 aliphatic heterocycles. The number of rotatable bonds is 1. The lowest BCUT2D eigenvalue weighted by Gasteiger charge is -1.97. The van der Waals surface area contributed by atoms with E-state index in [0.717, 1.165) is 5.56 Å². The van der Waals surface area contributed by atoms with Crippen LogP contribution in [0, 0.1) is 6.57 Å². The molecule has 1 heterocycles. The van der Waals surface area contributed by atoms with E-state index >= 15 is 0 Å². The highest BCUT2D eigenvalue weighted by molar-refractivity contribution is 6.34. The van der Waals surface area contributed by atoms with Crippen molar-refractivity contribution in [2.24, 2.45) is 0 Å². The molecule has 0 atom stereocenters. The van der Waals surface area contributed by atoms with Gasteiger partial charge in [-0.05, 0) is 11.6 Å². The Bertz CT molecular complexity index is 304. The molecule has 0 fully saturated rings. The molecule has 0 aliphatic rings. The minimum atomic E-state index is 0.213. The van der Waals surface area contributed by atoms with Gasteiger partial charge in [0.05, 0.1) is 5.02 Å². The molecule has 0 N–H and O–H groups in total. The van der Waals surface area contributed by atoms with Gasteiger partial charge in [-0.3, -0.25) is 0 Å². The highest BCUT2D eigenvalue weighted by atomic mass is 35.5. The van der Waals surface area contributed by atoms with Gasteiger partial charge in [-0.2, -0.15) is 0 Å². The zero-order chi connectivity index (χ0) is 8.27. The van der Waals surface area contributed by atoms with Crippen molar-refractivity contribution < 1.29 is 0 Å². The normalized spacial score (nSPS) is 9.18. The zero-order valence-electron chi connectivity index (χ0n) is 5.51. The number of nitrogens with zero attached hydrogens (tertiary/aromatic N) is 2. The highest BCUT2D eigenvalue weighted by Gasteiger charge is 2.05. The predicted molar refractivity (Wildman–Crippen MR) is 45.1 cm³/mol. The zero-order valence-corrected chi connectivity index (χ0v) is 7.02. The molecule has 0 aliphatic carbocycles. The summed E-state index contributed by atoms with van der Waals surface area (Å²) in [5.41, 5.74) is 0.745. The Labute approximate surface area is 74.6 Å². The smallest absolute Gasteiger partial charge is 0.288 e. The largest absolute Gasteiger partial charge is 0.359 e. The lowest BCUT2D eigenvalue weighted by molar-refractivity contribution is 1.29. The molecule has 0 saturated heterocycles. The number of halogens is 2. The highest BCUT2D eigenvalue weighted by Crippen LogP contribution is 2.26. The van der Waals surface area contributed by atoms with E-state index in [1.165, 1.54) is 6.20 Å². The van der Waals surface area contributed by atoms with E-state index in [1.807, 2.05) is 0 Å². The van der Waals surface area contributed by atoms with Crippen LogP contribution >= 0.6 is 23.2 Å². The first-order valence-corrected chi connectivity index (χ1v) is 3.77. The van der Waals surface area contributed by atoms with Gasteiger partial charge < -0.3 is 4.85 Å². The summed E-state index contributed by atoms with van der Waals surface area (Å²) in [6, 6.07) is 1.70. The van der Waals surface area contributed by atoms with Crippen molar-refractivity contribution in [1.82, 2.24) is 4.98 Å². The van der Waals surface area contributed by atoms with Crippen LogP contribution in [0.2, 0.25) is 5.02 Å². The lowest BCUT2D eigenvalue weighted by Crippen LogP contribution is -1.81. The topological polar surface area (TPSA) is 17.2 Å². The van der Waals surface area contributed by atoms with Gasteiger partial charge in [0.1, 0.15) is 6.20 Å². The van der Waals surface area contributed by atoms with E-state index < -0.39 is 0 Å². The molecule has 0 spiro atoms. The second kappa shape index (κ2) is 3.56. The van der Waals surface area contributed by atoms with E-state index in [2.05, 4.69) is 9.83 Å².